The summed E-state index contributed by atoms with van der Waals surface area (Å²) in [6, 6.07) is 11.7. The molecule has 0 spiro atoms. The highest BCUT2D eigenvalue weighted by Gasteiger charge is 2.26. The van der Waals surface area contributed by atoms with Crippen molar-refractivity contribution in [2.24, 2.45) is 5.92 Å². The van der Waals surface area contributed by atoms with Crippen molar-refractivity contribution in [1.82, 2.24) is 5.32 Å². The molecule has 0 saturated heterocycles. The molecule has 1 aromatic carbocycles. The maximum Gasteiger partial charge on any atom is 0.0138 e. The normalized spacial score (nSPS) is 16.0. The molecule has 0 bridgehead atoms. The number of hydrogen-bond donors (Lipinski definition) is 1. The van der Waals surface area contributed by atoms with Crippen LogP contribution in [0.4, 0.5) is 0 Å². The molecule has 19 heavy (non-hydrogen) atoms. The molecule has 1 heteroatoms. The first-order valence-electron chi connectivity index (χ1n) is 8.02. The monoisotopic (exact) mass is 261 g/mol. The lowest BCUT2D eigenvalue weighted by atomic mass is 9.78. The van der Waals surface area contributed by atoms with Crippen LogP contribution in [0.25, 0.3) is 0 Å². The van der Waals surface area contributed by atoms with Crippen molar-refractivity contribution >= 4 is 0 Å². The van der Waals surface area contributed by atoms with Crippen LogP contribution in [0.3, 0.4) is 0 Å². The van der Waals surface area contributed by atoms with Crippen molar-refractivity contribution < 1.29 is 0 Å². The Kier molecular flexibility index (Phi) is 7.81. The maximum absolute atomic E-state index is 3.78. The van der Waals surface area contributed by atoms with E-state index in [0.717, 1.165) is 12.5 Å². The first-order valence-corrected chi connectivity index (χ1v) is 8.02. The minimum Gasteiger partial charge on any atom is -0.313 e. The van der Waals surface area contributed by atoms with Crippen LogP contribution < -0.4 is 5.32 Å². The Morgan fingerprint density at radius 2 is 1.68 bits per heavy atom. The lowest BCUT2D eigenvalue weighted by molar-refractivity contribution is 0.319. The zero-order valence-corrected chi connectivity index (χ0v) is 13.2. The molecule has 0 aliphatic rings. The summed E-state index contributed by atoms with van der Waals surface area (Å²) in [7, 11) is 0. The molecule has 0 amide bonds. The van der Waals surface area contributed by atoms with E-state index < -0.39 is 0 Å². The Hall–Kier alpha value is -0.820. The van der Waals surface area contributed by atoms with Gasteiger partial charge in [0.05, 0.1) is 0 Å². The third kappa shape index (κ3) is 4.99. The van der Waals surface area contributed by atoms with Crippen molar-refractivity contribution in [2.75, 3.05) is 6.54 Å². The third-order valence-electron chi connectivity index (χ3n) is 4.13. The van der Waals surface area contributed by atoms with E-state index >= 15 is 0 Å². The standard InChI is InChI=1S/C18H31N/c1-5-11-17(19-14-6-2)18(15(4)7-3)16-12-9-8-10-13-16/h8-10,12-13,15,17-19H,5-7,11,14H2,1-4H3. The first-order chi connectivity index (χ1) is 9.24. The highest BCUT2D eigenvalue weighted by Crippen LogP contribution is 2.32. The molecule has 3 atom stereocenters. The van der Waals surface area contributed by atoms with Gasteiger partial charge in [0.15, 0.2) is 0 Å². The van der Waals surface area contributed by atoms with Crippen molar-refractivity contribution in [1.29, 1.82) is 0 Å². The lowest BCUT2D eigenvalue weighted by Crippen LogP contribution is -2.38. The summed E-state index contributed by atoms with van der Waals surface area (Å²) >= 11 is 0. The number of benzene rings is 1. The predicted octanol–water partition coefficient (Wildman–Crippen LogP) is 4.98. The van der Waals surface area contributed by atoms with Gasteiger partial charge in [0, 0.05) is 12.0 Å². The Morgan fingerprint density at radius 3 is 2.21 bits per heavy atom. The fourth-order valence-electron chi connectivity index (χ4n) is 2.94. The van der Waals surface area contributed by atoms with Gasteiger partial charge < -0.3 is 5.32 Å². The molecule has 0 aliphatic carbocycles. The summed E-state index contributed by atoms with van der Waals surface area (Å²) in [4.78, 5) is 0. The zero-order chi connectivity index (χ0) is 14.1. The maximum atomic E-state index is 3.78. The Bertz CT molecular complexity index is 320. The summed E-state index contributed by atoms with van der Waals surface area (Å²) in [5.74, 6) is 1.36. The fourth-order valence-corrected chi connectivity index (χ4v) is 2.94. The van der Waals surface area contributed by atoms with Crippen LogP contribution in [-0.2, 0) is 0 Å². The number of hydrogen-bond acceptors (Lipinski definition) is 1. The molecule has 1 N–H and O–H groups in total. The quantitative estimate of drug-likeness (QED) is 0.660. The first kappa shape index (κ1) is 16.2. The van der Waals surface area contributed by atoms with E-state index in [0.29, 0.717) is 12.0 Å². The van der Waals surface area contributed by atoms with E-state index in [1.165, 1.54) is 31.2 Å². The molecule has 0 aliphatic heterocycles. The SMILES string of the molecule is CCCNC(CCC)C(c1ccccc1)C(C)CC. The molecular weight excluding hydrogens is 230 g/mol. The van der Waals surface area contributed by atoms with Gasteiger partial charge in [0.1, 0.15) is 0 Å². The van der Waals surface area contributed by atoms with E-state index in [-0.39, 0.29) is 0 Å². The molecule has 108 valence electrons. The van der Waals surface area contributed by atoms with Crippen LogP contribution in [0.2, 0.25) is 0 Å². The van der Waals surface area contributed by atoms with Gasteiger partial charge in [-0.2, -0.15) is 0 Å². The Labute approximate surface area is 119 Å². The lowest BCUT2D eigenvalue weighted by Gasteiger charge is -2.33. The van der Waals surface area contributed by atoms with E-state index in [4.69, 9.17) is 0 Å². The van der Waals surface area contributed by atoms with Crippen molar-refractivity contribution in [3.8, 4) is 0 Å². The average molecular weight is 261 g/mol. The second kappa shape index (κ2) is 9.14. The van der Waals surface area contributed by atoms with Crippen molar-refractivity contribution in [2.45, 2.75) is 65.3 Å². The van der Waals surface area contributed by atoms with E-state index in [9.17, 15) is 0 Å². The molecular formula is C18H31N. The Balaban J connectivity index is 2.92. The number of rotatable bonds is 9. The van der Waals surface area contributed by atoms with E-state index in [1.807, 2.05) is 0 Å². The van der Waals surface area contributed by atoms with Gasteiger partial charge in [-0.1, -0.05) is 70.9 Å². The van der Waals surface area contributed by atoms with E-state index in [1.54, 1.807) is 0 Å². The van der Waals surface area contributed by atoms with Crippen LogP contribution in [-0.4, -0.2) is 12.6 Å². The molecule has 0 saturated carbocycles. The van der Waals surface area contributed by atoms with Gasteiger partial charge in [-0.05, 0) is 30.9 Å². The van der Waals surface area contributed by atoms with Crippen molar-refractivity contribution in [3.63, 3.8) is 0 Å². The summed E-state index contributed by atoms with van der Waals surface area (Å²) in [6.07, 6.45) is 4.97. The molecule has 1 nitrogen and oxygen atoms in total. The molecule has 1 aromatic rings. The van der Waals surface area contributed by atoms with Crippen LogP contribution >= 0.6 is 0 Å². The molecule has 1 rings (SSSR count). The van der Waals surface area contributed by atoms with Gasteiger partial charge in [0.25, 0.3) is 0 Å². The minimum atomic E-state index is 0.613. The molecule has 0 radical (unpaired) electrons. The molecule has 0 heterocycles. The molecule has 0 aromatic heterocycles. The van der Waals surface area contributed by atoms with E-state index in [2.05, 4.69) is 63.3 Å². The average Bonchev–Trinajstić information content (AvgIpc) is 2.46. The Morgan fingerprint density at radius 1 is 1.00 bits per heavy atom. The predicted molar refractivity (Wildman–Crippen MR) is 85.6 cm³/mol. The van der Waals surface area contributed by atoms with Crippen LogP contribution in [0.1, 0.15) is 64.9 Å². The van der Waals surface area contributed by atoms with Crippen LogP contribution in [0.15, 0.2) is 30.3 Å². The fraction of sp³-hybridized carbons (Fsp3) is 0.667. The minimum absolute atomic E-state index is 0.613. The van der Waals surface area contributed by atoms with Gasteiger partial charge >= 0.3 is 0 Å². The highest BCUT2D eigenvalue weighted by molar-refractivity contribution is 5.22. The smallest absolute Gasteiger partial charge is 0.0138 e. The van der Waals surface area contributed by atoms with Crippen molar-refractivity contribution in [3.05, 3.63) is 35.9 Å². The second-order valence-corrected chi connectivity index (χ2v) is 5.67. The summed E-state index contributed by atoms with van der Waals surface area (Å²) in [5.41, 5.74) is 1.50. The third-order valence-corrected chi connectivity index (χ3v) is 4.13. The topological polar surface area (TPSA) is 12.0 Å². The summed E-state index contributed by atoms with van der Waals surface area (Å²) in [5, 5.41) is 3.78. The molecule has 0 fully saturated rings. The highest BCUT2D eigenvalue weighted by atomic mass is 14.9. The van der Waals surface area contributed by atoms with Gasteiger partial charge in [0.2, 0.25) is 0 Å². The second-order valence-electron chi connectivity index (χ2n) is 5.67. The van der Waals surface area contributed by atoms with Gasteiger partial charge in [-0.3, -0.25) is 0 Å². The largest absolute Gasteiger partial charge is 0.313 e. The summed E-state index contributed by atoms with van der Waals surface area (Å²) in [6.45, 7) is 10.4. The van der Waals surface area contributed by atoms with Crippen LogP contribution in [0, 0.1) is 5.92 Å². The van der Waals surface area contributed by atoms with Gasteiger partial charge in [-0.15, -0.1) is 0 Å². The van der Waals surface area contributed by atoms with Gasteiger partial charge in [-0.25, -0.2) is 0 Å². The number of nitrogens with one attached hydrogen (secondary N) is 1. The summed E-state index contributed by atoms with van der Waals surface area (Å²) < 4.78 is 0. The molecule has 3 unspecified atom stereocenters. The zero-order valence-electron chi connectivity index (χ0n) is 13.2. The van der Waals surface area contributed by atoms with Crippen LogP contribution in [0.5, 0.6) is 0 Å².